The van der Waals surface area contributed by atoms with Gasteiger partial charge < -0.3 is 15.4 Å². The van der Waals surface area contributed by atoms with Crippen LogP contribution in [0, 0.1) is 11.3 Å². The number of nitrogens with two attached hydrogens (primary N) is 1. The lowest BCUT2D eigenvalue weighted by atomic mass is 9.63. The van der Waals surface area contributed by atoms with Crippen LogP contribution in [-0.2, 0) is 9.53 Å². The Kier molecular flexibility index (Phi) is 4.21. The van der Waals surface area contributed by atoms with Gasteiger partial charge in [0.1, 0.15) is 0 Å². The highest BCUT2D eigenvalue weighted by atomic mass is 16.5. The van der Waals surface area contributed by atoms with E-state index < -0.39 is 0 Å². The zero-order valence-electron chi connectivity index (χ0n) is 12.7. The maximum atomic E-state index is 12.5. The molecule has 0 bridgehead atoms. The number of ether oxygens (including phenoxy) is 1. The quantitative estimate of drug-likeness (QED) is 0.845. The average molecular weight is 268 g/mol. The van der Waals surface area contributed by atoms with Gasteiger partial charge in [-0.2, -0.15) is 0 Å². The van der Waals surface area contributed by atoms with E-state index in [0.717, 1.165) is 32.3 Å². The van der Waals surface area contributed by atoms with E-state index in [2.05, 4.69) is 13.8 Å². The third-order valence-corrected chi connectivity index (χ3v) is 5.20. The molecule has 2 aliphatic rings. The lowest BCUT2D eigenvalue weighted by Crippen LogP contribution is -2.63. The highest BCUT2D eigenvalue weighted by molar-refractivity contribution is 5.80. The number of amides is 1. The molecule has 2 aliphatic carbocycles. The summed E-state index contributed by atoms with van der Waals surface area (Å²) in [6, 6.07) is 0.338. The third-order valence-electron chi connectivity index (χ3n) is 5.20. The van der Waals surface area contributed by atoms with Crippen molar-refractivity contribution in [3.05, 3.63) is 0 Å². The second-order valence-electron chi connectivity index (χ2n) is 6.67. The van der Waals surface area contributed by atoms with Gasteiger partial charge >= 0.3 is 0 Å². The van der Waals surface area contributed by atoms with Crippen molar-refractivity contribution in [3.8, 4) is 0 Å². The topological polar surface area (TPSA) is 55.6 Å². The molecule has 2 rings (SSSR count). The molecule has 2 N–H and O–H groups in total. The molecule has 4 atom stereocenters. The van der Waals surface area contributed by atoms with Crippen molar-refractivity contribution in [2.45, 2.75) is 64.6 Å². The van der Waals surface area contributed by atoms with E-state index in [1.165, 1.54) is 0 Å². The van der Waals surface area contributed by atoms with Gasteiger partial charge in [0.05, 0.1) is 12.0 Å². The second-order valence-corrected chi connectivity index (χ2v) is 6.67. The van der Waals surface area contributed by atoms with Crippen molar-refractivity contribution < 1.29 is 9.53 Å². The van der Waals surface area contributed by atoms with Gasteiger partial charge in [0.25, 0.3) is 0 Å². The molecule has 4 heteroatoms. The zero-order chi connectivity index (χ0) is 14.2. The van der Waals surface area contributed by atoms with Crippen LogP contribution >= 0.6 is 0 Å². The van der Waals surface area contributed by atoms with E-state index >= 15 is 0 Å². The fourth-order valence-corrected chi connectivity index (χ4v) is 3.72. The minimum absolute atomic E-state index is 0.0342. The first-order valence-electron chi connectivity index (χ1n) is 7.53. The molecule has 2 fully saturated rings. The lowest BCUT2D eigenvalue weighted by Gasteiger charge is -2.55. The Balaban J connectivity index is 1.97. The maximum Gasteiger partial charge on any atom is 0.227 e. The van der Waals surface area contributed by atoms with Crippen LogP contribution in [0.25, 0.3) is 0 Å². The van der Waals surface area contributed by atoms with E-state index in [-0.39, 0.29) is 35.4 Å². The van der Waals surface area contributed by atoms with Crippen molar-refractivity contribution in [1.82, 2.24) is 4.90 Å². The van der Waals surface area contributed by atoms with Crippen LogP contribution in [0.3, 0.4) is 0 Å². The normalized spacial score (nSPS) is 36.9. The van der Waals surface area contributed by atoms with E-state index in [1.54, 1.807) is 0 Å². The number of nitrogens with zero attached hydrogens (tertiary/aromatic N) is 1. The molecule has 0 aliphatic heterocycles. The smallest absolute Gasteiger partial charge is 0.227 e. The van der Waals surface area contributed by atoms with Crippen LogP contribution in [0.1, 0.15) is 46.5 Å². The van der Waals surface area contributed by atoms with E-state index in [9.17, 15) is 4.79 Å². The van der Waals surface area contributed by atoms with Gasteiger partial charge in [0.15, 0.2) is 0 Å². The molecule has 0 aromatic heterocycles. The molecule has 0 saturated heterocycles. The van der Waals surface area contributed by atoms with Gasteiger partial charge in [-0.15, -0.1) is 0 Å². The van der Waals surface area contributed by atoms with Crippen molar-refractivity contribution in [2.75, 3.05) is 13.7 Å². The van der Waals surface area contributed by atoms with Gasteiger partial charge in [-0.1, -0.05) is 20.3 Å². The molecular formula is C15H28N2O2. The van der Waals surface area contributed by atoms with Crippen LogP contribution in [0.5, 0.6) is 0 Å². The van der Waals surface area contributed by atoms with Crippen LogP contribution in [0.2, 0.25) is 0 Å². The molecular weight excluding hydrogens is 240 g/mol. The molecule has 0 aromatic rings. The van der Waals surface area contributed by atoms with E-state index in [1.807, 2.05) is 18.9 Å². The molecule has 4 nitrogen and oxygen atoms in total. The standard InChI is InChI=1S/C15H28N2O2/c1-5-19-13-9-12(15(13,2)3)17(4)14(18)10-7-6-8-11(10)16/h10-13H,5-9,16H2,1-4H3. The summed E-state index contributed by atoms with van der Waals surface area (Å²) >= 11 is 0. The van der Waals surface area contributed by atoms with Gasteiger partial charge in [0, 0.05) is 31.2 Å². The molecule has 4 unspecified atom stereocenters. The van der Waals surface area contributed by atoms with Gasteiger partial charge in [-0.05, 0) is 26.2 Å². The Bertz CT molecular complexity index is 343. The van der Waals surface area contributed by atoms with Crippen LogP contribution in [0.4, 0.5) is 0 Å². The zero-order valence-corrected chi connectivity index (χ0v) is 12.7. The predicted molar refractivity (Wildman–Crippen MR) is 75.7 cm³/mol. The predicted octanol–water partition coefficient (Wildman–Crippen LogP) is 1.78. The lowest BCUT2D eigenvalue weighted by molar-refractivity contribution is -0.166. The minimum Gasteiger partial charge on any atom is -0.378 e. The molecule has 19 heavy (non-hydrogen) atoms. The van der Waals surface area contributed by atoms with Crippen LogP contribution in [0.15, 0.2) is 0 Å². The summed E-state index contributed by atoms with van der Waals surface area (Å²) in [4.78, 5) is 14.5. The Labute approximate surface area is 116 Å². The summed E-state index contributed by atoms with van der Waals surface area (Å²) in [5, 5.41) is 0. The molecule has 2 saturated carbocycles. The maximum absolute atomic E-state index is 12.5. The SMILES string of the molecule is CCOC1CC(N(C)C(=O)C2CCCC2N)C1(C)C. The molecule has 0 radical (unpaired) electrons. The molecule has 110 valence electrons. The molecule has 0 aromatic carbocycles. The number of carbonyl (C=O) groups is 1. The Morgan fingerprint density at radius 3 is 2.58 bits per heavy atom. The summed E-state index contributed by atoms with van der Waals surface area (Å²) in [5.74, 6) is 0.268. The Morgan fingerprint density at radius 1 is 1.42 bits per heavy atom. The number of hydrogen-bond donors (Lipinski definition) is 1. The summed E-state index contributed by atoms with van der Waals surface area (Å²) in [5.41, 5.74) is 6.09. The first kappa shape index (κ1) is 14.8. The van der Waals surface area contributed by atoms with Crippen molar-refractivity contribution in [2.24, 2.45) is 17.1 Å². The molecule has 1 amide bonds. The van der Waals surface area contributed by atoms with Crippen molar-refractivity contribution >= 4 is 5.91 Å². The third kappa shape index (κ3) is 2.52. The highest BCUT2D eigenvalue weighted by Gasteiger charge is 2.52. The Morgan fingerprint density at radius 2 is 2.11 bits per heavy atom. The second kappa shape index (κ2) is 5.41. The van der Waals surface area contributed by atoms with Gasteiger partial charge in [-0.25, -0.2) is 0 Å². The summed E-state index contributed by atoms with van der Waals surface area (Å²) in [7, 11) is 1.93. The first-order valence-corrected chi connectivity index (χ1v) is 7.53. The fourth-order valence-electron chi connectivity index (χ4n) is 3.72. The van der Waals surface area contributed by atoms with E-state index in [0.29, 0.717) is 0 Å². The summed E-state index contributed by atoms with van der Waals surface area (Å²) in [6.07, 6.45) is 4.24. The van der Waals surface area contributed by atoms with Crippen LogP contribution in [-0.4, -0.2) is 42.6 Å². The number of rotatable bonds is 4. The summed E-state index contributed by atoms with van der Waals surface area (Å²) < 4.78 is 5.74. The summed E-state index contributed by atoms with van der Waals surface area (Å²) in [6.45, 7) is 7.15. The largest absolute Gasteiger partial charge is 0.378 e. The molecule has 0 heterocycles. The van der Waals surface area contributed by atoms with Gasteiger partial charge in [0.2, 0.25) is 5.91 Å². The van der Waals surface area contributed by atoms with E-state index in [4.69, 9.17) is 10.5 Å². The first-order chi connectivity index (χ1) is 8.89. The van der Waals surface area contributed by atoms with Gasteiger partial charge in [-0.3, -0.25) is 4.79 Å². The average Bonchev–Trinajstić information content (AvgIpc) is 2.78. The highest BCUT2D eigenvalue weighted by Crippen LogP contribution is 2.46. The monoisotopic (exact) mass is 268 g/mol. The fraction of sp³-hybridized carbons (Fsp3) is 0.933. The van der Waals surface area contributed by atoms with Crippen LogP contribution < -0.4 is 5.73 Å². The number of carbonyl (C=O) groups excluding carboxylic acids is 1. The number of hydrogen-bond acceptors (Lipinski definition) is 3. The van der Waals surface area contributed by atoms with Crippen molar-refractivity contribution in [1.29, 1.82) is 0 Å². The van der Waals surface area contributed by atoms with Crippen molar-refractivity contribution in [3.63, 3.8) is 0 Å². The minimum atomic E-state index is 0.0342. The molecule has 0 spiro atoms. The Hall–Kier alpha value is -0.610.